The van der Waals surface area contributed by atoms with Crippen molar-refractivity contribution in [1.82, 2.24) is 34.2 Å². The second kappa shape index (κ2) is 10.8. The van der Waals surface area contributed by atoms with Crippen molar-refractivity contribution < 1.29 is 14.3 Å². The summed E-state index contributed by atoms with van der Waals surface area (Å²) >= 11 is 0. The van der Waals surface area contributed by atoms with Crippen LogP contribution in [0.25, 0.3) is 5.65 Å². The van der Waals surface area contributed by atoms with Crippen molar-refractivity contribution in [3.63, 3.8) is 0 Å². The molecule has 1 aromatic carbocycles. The molecule has 1 aliphatic rings. The van der Waals surface area contributed by atoms with Gasteiger partial charge in [0.05, 0.1) is 18.4 Å². The van der Waals surface area contributed by atoms with Gasteiger partial charge in [-0.05, 0) is 58.1 Å². The van der Waals surface area contributed by atoms with Crippen LogP contribution in [-0.4, -0.2) is 85.8 Å². The minimum absolute atomic E-state index is 0.107. The molecule has 0 bridgehead atoms. The molecule has 39 heavy (non-hydrogen) atoms. The number of ether oxygens (including phenoxy) is 1. The van der Waals surface area contributed by atoms with Crippen LogP contribution in [0.4, 0.5) is 11.5 Å². The summed E-state index contributed by atoms with van der Waals surface area (Å²) in [6.07, 6.45) is 2.71. The smallest absolute Gasteiger partial charge is 0.273 e. The number of anilines is 2. The third-order valence-electron chi connectivity index (χ3n) is 6.82. The van der Waals surface area contributed by atoms with E-state index in [0.29, 0.717) is 47.1 Å². The van der Waals surface area contributed by atoms with E-state index in [2.05, 4.69) is 49.7 Å². The molecular weight excluding hydrogens is 498 g/mol. The number of aryl methyl sites for hydroxylation is 3. The topological polar surface area (TPSA) is 122 Å². The lowest BCUT2D eigenvalue weighted by Crippen LogP contribution is -2.35. The Kier molecular flexibility index (Phi) is 7.31. The number of amides is 2. The molecule has 0 spiro atoms. The van der Waals surface area contributed by atoms with Gasteiger partial charge in [0.1, 0.15) is 11.4 Å². The van der Waals surface area contributed by atoms with E-state index in [1.165, 1.54) is 0 Å². The minimum atomic E-state index is -0.256. The molecule has 0 saturated carbocycles. The van der Waals surface area contributed by atoms with Crippen LogP contribution in [0, 0.1) is 13.8 Å². The summed E-state index contributed by atoms with van der Waals surface area (Å²) in [7, 11) is 5.86. The first kappa shape index (κ1) is 26.3. The molecular formula is C27H33N9O3. The van der Waals surface area contributed by atoms with E-state index in [0.717, 1.165) is 30.8 Å². The van der Waals surface area contributed by atoms with Gasteiger partial charge in [-0.1, -0.05) is 6.07 Å². The Balaban J connectivity index is 1.23. The van der Waals surface area contributed by atoms with Crippen molar-refractivity contribution in [2.24, 2.45) is 7.05 Å². The third-order valence-corrected chi connectivity index (χ3v) is 6.82. The van der Waals surface area contributed by atoms with Crippen molar-refractivity contribution in [3.05, 3.63) is 59.5 Å². The van der Waals surface area contributed by atoms with Gasteiger partial charge in [-0.15, -0.1) is 5.10 Å². The first-order valence-corrected chi connectivity index (χ1v) is 12.8. The SMILES string of the molecule is Cc1cc(C(=O)Nc2cc(Oc3ccc4nc(NC(=O)CN5CC[C@H](N(C)C)C5)cn4n3)ccc2C)n(C)n1. The van der Waals surface area contributed by atoms with Gasteiger partial charge in [0.25, 0.3) is 5.91 Å². The van der Waals surface area contributed by atoms with Crippen LogP contribution < -0.4 is 15.4 Å². The van der Waals surface area contributed by atoms with Crippen LogP contribution in [0.5, 0.6) is 11.6 Å². The number of aromatic nitrogens is 5. The van der Waals surface area contributed by atoms with Gasteiger partial charge in [0.15, 0.2) is 11.5 Å². The quantitative estimate of drug-likeness (QED) is 0.356. The predicted octanol–water partition coefficient (Wildman–Crippen LogP) is 2.70. The van der Waals surface area contributed by atoms with Crippen molar-refractivity contribution >= 4 is 29.0 Å². The van der Waals surface area contributed by atoms with Gasteiger partial charge in [-0.2, -0.15) is 5.10 Å². The van der Waals surface area contributed by atoms with Gasteiger partial charge < -0.3 is 20.3 Å². The van der Waals surface area contributed by atoms with Gasteiger partial charge >= 0.3 is 0 Å². The Morgan fingerprint density at radius 1 is 1.10 bits per heavy atom. The zero-order valence-electron chi connectivity index (χ0n) is 22.8. The van der Waals surface area contributed by atoms with Crippen molar-refractivity contribution in [1.29, 1.82) is 0 Å². The zero-order valence-corrected chi connectivity index (χ0v) is 22.8. The largest absolute Gasteiger partial charge is 0.438 e. The molecule has 4 heterocycles. The van der Waals surface area contributed by atoms with E-state index >= 15 is 0 Å². The third kappa shape index (κ3) is 6.07. The Morgan fingerprint density at radius 2 is 1.92 bits per heavy atom. The van der Waals surface area contributed by atoms with Gasteiger partial charge in [-0.3, -0.25) is 19.2 Å². The molecule has 1 atom stereocenters. The fourth-order valence-corrected chi connectivity index (χ4v) is 4.67. The van der Waals surface area contributed by atoms with Crippen molar-refractivity contribution in [2.75, 3.05) is 44.4 Å². The van der Waals surface area contributed by atoms with Gasteiger partial charge in [-0.25, -0.2) is 9.50 Å². The number of likely N-dealkylation sites (N-methyl/N-ethyl adjacent to an activating group) is 1. The summed E-state index contributed by atoms with van der Waals surface area (Å²) in [5.74, 6) is 0.920. The Labute approximate surface area is 226 Å². The van der Waals surface area contributed by atoms with E-state index in [1.807, 2.05) is 26.0 Å². The summed E-state index contributed by atoms with van der Waals surface area (Å²) in [6, 6.07) is 11.1. The summed E-state index contributed by atoms with van der Waals surface area (Å²) < 4.78 is 9.09. The monoisotopic (exact) mass is 531 g/mol. The number of carbonyl (C=O) groups excluding carboxylic acids is 2. The molecule has 0 unspecified atom stereocenters. The van der Waals surface area contributed by atoms with E-state index in [1.54, 1.807) is 46.7 Å². The molecule has 5 rings (SSSR count). The number of imidazole rings is 1. The van der Waals surface area contributed by atoms with E-state index in [4.69, 9.17) is 4.74 Å². The number of hydrogen-bond donors (Lipinski definition) is 2. The van der Waals surface area contributed by atoms with Crippen LogP contribution in [0.3, 0.4) is 0 Å². The highest BCUT2D eigenvalue weighted by Gasteiger charge is 2.25. The van der Waals surface area contributed by atoms with E-state index in [9.17, 15) is 9.59 Å². The first-order chi connectivity index (χ1) is 18.6. The average Bonchev–Trinajstić information content (AvgIpc) is 3.59. The molecule has 204 valence electrons. The molecule has 1 saturated heterocycles. The maximum atomic E-state index is 12.8. The van der Waals surface area contributed by atoms with Crippen LogP contribution in [0.15, 0.2) is 42.6 Å². The normalized spacial score (nSPS) is 15.7. The maximum Gasteiger partial charge on any atom is 0.273 e. The average molecular weight is 532 g/mol. The molecule has 4 aromatic rings. The number of benzene rings is 1. The van der Waals surface area contributed by atoms with E-state index in [-0.39, 0.29) is 11.8 Å². The number of likely N-dealkylation sites (tertiary alicyclic amines) is 1. The molecule has 3 aromatic heterocycles. The standard InChI is InChI=1S/C27H33N9O3/c1-17-6-7-20(13-21(17)28-27(38)22-12-18(2)31-34(22)5)39-26-9-8-24-29-23(15-36(24)32-26)30-25(37)16-35-11-10-19(14-35)33(3)4/h6-9,12-13,15,19H,10-11,14,16H2,1-5H3,(H,28,38)(H,30,37)/t19-/m0/s1. The highest BCUT2D eigenvalue weighted by Crippen LogP contribution is 2.26. The van der Waals surface area contributed by atoms with E-state index < -0.39 is 0 Å². The highest BCUT2D eigenvalue weighted by molar-refractivity contribution is 6.03. The maximum absolute atomic E-state index is 12.8. The van der Waals surface area contributed by atoms with Crippen LogP contribution in [-0.2, 0) is 11.8 Å². The first-order valence-electron chi connectivity index (χ1n) is 12.8. The molecule has 0 radical (unpaired) electrons. The number of fused-ring (bicyclic) bond motifs is 1. The fraction of sp³-hybridized carbons (Fsp3) is 0.370. The molecule has 1 aliphatic heterocycles. The summed E-state index contributed by atoms with van der Waals surface area (Å²) in [6.45, 7) is 5.85. The molecule has 2 amide bonds. The lowest BCUT2D eigenvalue weighted by atomic mass is 10.2. The van der Waals surface area contributed by atoms with Crippen LogP contribution in [0.2, 0.25) is 0 Å². The Hall–Kier alpha value is -4.29. The number of carbonyl (C=O) groups is 2. The second-order valence-corrected chi connectivity index (χ2v) is 10.1. The second-order valence-electron chi connectivity index (χ2n) is 10.1. The number of nitrogens with zero attached hydrogens (tertiary/aromatic N) is 7. The lowest BCUT2D eigenvalue weighted by molar-refractivity contribution is -0.117. The minimum Gasteiger partial charge on any atom is -0.438 e. The zero-order chi connectivity index (χ0) is 27.7. The fourth-order valence-electron chi connectivity index (χ4n) is 4.67. The lowest BCUT2D eigenvalue weighted by Gasteiger charge is -2.19. The molecule has 12 nitrogen and oxygen atoms in total. The number of hydrogen-bond acceptors (Lipinski definition) is 8. The van der Waals surface area contributed by atoms with Crippen LogP contribution in [0.1, 0.15) is 28.2 Å². The summed E-state index contributed by atoms with van der Waals surface area (Å²) in [4.78, 5) is 34.1. The highest BCUT2D eigenvalue weighted by atomic mass is 16.5. The summed E-state index contributed by atoms with van der Waals surface area (Å²) in [5.41, 5.74) is 3.32. The van der Waals surface area contributed by atoms with Crippen LogP contribution >= 0.6 is 0 Å². The number of rotatable bonds is 8. The molecule has 12 heteroatoms. The van der Waals surface area contributed by atoms with Crippen molar-refractivity contribution in [3.8, 4) is 11.6 Å². The molecule has 2 N–H and O–H groups in total. The number of nitrogens with one attached hydrogen (secondary N) is 2. The Morgan fingerprint density at radius 3 is 2.64 bits per heavy atom. The molecule has 1 fully saturated rings. The Bertz CT molecular complexity index is 1520. The predicted molar refractivity (Wildman–Crippen MR) is 147 cm³/mol. The molecule has 0 aliphatic carbocycles. The van der Waals surface area contributed by atoms with Crippen molar-refractivity contribution in [2.45, 2.75) is 26.3 Å². The van der Waals surface area contributed by atoms with Gasteiger partial charge in [0.2, 0.25) is 11.8 Å². The summed E-state index contributed by atoms with van der Waals surface area (Å²) in [5, 5.41) is 14.5. The van der Waals surface area contributed by atoms with Gasteiger partial charge in [0, 0.05) is 44.0 Å².